The number of nitrogens with zero attached hydrogens (tertiary/aromatic N) is 1. The number of hydrogen-bond donors (Lipinski definition) is 2. The summed E-state index contributed by atoms with van der Waals surface area (Å²) in [4.78, 5) is 38.7. The molecule has 3 rings (SSSR count). The van der Waals surface area contributed by atoms with Crippen molar-refractivity contribution >= 4 is 17.7 Å². The number of piperidine rings is 1. The molecule has 0 aromatic heterocycles. The monoisotopic (exact) mass is 383 g/mol. The zero-order valence-electron chi connectivity index (χ0n) is 15.6. The minimum absolute atomic E-state index is 0.0263. The van der Waals surface area contributed by atoms with Crippen molar-refractivity contribution in [3.8, 4) is 0 Å². The first-order valence-corrected chi connectivity index (χ1v) is 9.16. The maximum Gasteiger partial charge on any atom is 0.269 e. The minimum atomic E-state index is -0.513. The molecular formula is C21H22FN3O3. The van der Waals surface area contributed by atoms with Crippen LogP contribution in [0.1, 0.15) is 39.1 Å². The summed E-state index contributed by atoms with van der Waals surface area (Å²) in [7, 11) is 0. The van der Waals surface area contributed by atoms with Crippen LogP contribution in [0.3, 0.4) is 0 Å². The van der Waals surface area contributed by atoms with Crippen molar-refractivity contribution in [3.05, 3.63) is 71.0 Å². The number of rotatable bonds is 3. The number of benzene rings is 2. The molecule has 2 aromatic rings. The Morgan fingerprint density at radius 2 is 1.61 bits per heavy atom. The molecule has 1 saturated heterocycles. The van der Waals surface area contributed by atoms with E-state index in [1.54, 1.807) is 11.0 Å². The van der Waals surface area contributed by atoms with Crippen LogP contribution in [-0.4, -0.2) is 35.7 Å². The van der Waals surface area contributed by atoms with Crippen LogP contribution in [0.15, 0.2) is 48.5 Å². The summed E-state index contributed by atoms with van der Waals surface area (Å²) in [5, 5.41) is 0. The third-order valence-corrected chi connectivity index (χ3v) is 4.93. The molecule has 6 nitrogen and oxygen atoms in total. The minimum Gasteiger partial charge on any atom is -0.339 e. The van der Waals surface area contributed by atoms with E-state index in [-0.39, 0.29) is 23.3 Å². The van der Waals surface area contributed by atoms with Crippen LogP contribution in [0.25, 0.3) is 0 Å². The van der Waals surface area contributed by atoms with Crippen LogP contribution in [0.4, 0.5) is 4.39 Å². The third kappa shape index (κ3) is 4.54. The number of amides is 3. The maximum atomic E-state index is 12.9. The lowest BCUT2D eigenvalue weighted by molar-refractivity contribution is -0.127. The van der Waals surface area contributed by atoms with E-state index < -0.39 is 11.7 Å². The lowest BCUT2D eigenvalue weighted by Gasteiger charge is -2.31. The van der Waals surface area contributed by atoms with Crippen LogP contribution < -0.4 is 10.9 Å². The maximum absolute atomic E-state index is 12.9. The molecule has 0 unspecified atom stereocenters. The van der Waals surface area contributed by atoms with Gasteiger partial charge in [0.15, 0.2) is 0 Å². The number of carbonyl (C=O) groups is 3. The number of carbonyl (C=O) groups excluding carboxylic acids is 3. The largest absolute Gasteiger partial charge is 0.339 e. The van der Waals surface area contributed by atoms with E-state index in [4.69, 9.17) is 0 Å². The van der Waals surface area contributed by atoms with Crippen molar-refractivity contribution in [3.63, 3.8) is 0 Å². The van der Waals surface area contributed by atoms with Crippen LogP contribution in [0.2, 0.25) is 0 Å². The average Bonchev–Trinajstić information content (AvgIpc) is 2.72. The van der Waals surface area contributed by atoms with Gasteiger partial charge in [0.05, 0.1) is 0 Å². The summed E-state index contributed by atoms with van der Waals surface area (Å²) in [6.45, 7) is 2.87. The molecule has 1 aliphatic heterocycles. The fraction of sp³-hybridized carbons (Fsp3) is 0.286. The summed E-state index contributed by atoms with van der Waals surface area (Å²) < 4.78 is 12.9. The van der Waals surface area contributed by atoms with E-state index in [9.17, 15) is 18.8 Å². The predicted octanol–water partition coefficient (Wildman–Crippen LogP) is 2.45. The Kier molecular flexibility index (Phi) is 6.03. The molecule has 28 heavy (non-hydrogen) atoms. The Balaban J connectivity index is 1.48. The normalized spacial score (nSPS) is 14.4. The fourth-order valence-electron chi connectivity index (χ4n) is 3.22. The van der Waals surface area contributed by atoms with E-state index in [0.717, 1.165) is 5.56 Å². The van der Waals surface area contributed by atoms with E-state index in [2.05, 4.69) is 10.9 Å². The van der Waals surface area contributed by atoms with Gasteiger partial charge < -0.3 is 4.90 Å². The van der Waals surface area contributed by atoms with Gasteiger partial charge in [-0.15, -0.1) is 0 Å². The molecule has 1 fully saturated rings. The summed E-state index contributed by atoms with van der Waals surface area (Å²) in [5.74, 6) is -1.55. The molecule has 2 aromatic carbocycles. The van der Waals surface area contributed by atoms with Crippen LogP contribution in [0.5, 0.6) is 0 Å². The van der Waals surface area contributed by atoms with Gasteiger partial charge in [-0.05, 0) is 55.7 Å². The quantitative estimate of drug-likeness (QED) is 0.799. The van der Waals surface area contributed by atoms with Gasteiger partial charge in [-0.2, -0.15) is 0 Å². The second-order valence-corrected chi connectivity index (χ2v) is 6.83. The van der Waals surface area contributed by atoms with Gasteiger partial charge in [-0.3, -0.25) is 25.2 Å². The number of aryl methyl sites for hydroxylation is 1. The van der Waals surface area contributed by atoms with E-state index in [1.807, 2.05) is 25.1 Å². The van der Waals surface area contributed by atoms with Gasteiger partial charge in [0.25, 0.3) is 11.8 Å². The molecule has 0 saturated carbocycles. The van der Waals surface area contributed by atoms with E-state index in [1.165, 1.54) is 24.3 Å². The number of hydrogen-bond acceptors (Lipinski definition) is 3. The van der Waals surface area contributed by atoms with Crippen LogP contribution >= 0.6 is 0 Å². The number of nitrogens with one attached hydrogen (secondary N) is 2. The van der Waals surface area contributed by atoms with Crippen molar-refractivity contribution in [1.29, 1.82) is 0 Å². The van der Waals surface area contributed by atoms with Crippen LogP contribution in [-0.2, 0) is 4.79 Å². The first-order chi connectivity index (χ1) is 13.5. The van der Waals surface area contributed by atoms with Crippen molar-refractivity contribution in [2.24, 2.45) is 5.92 Å². The molecule has 7 heteroatoms. The molecule has 1 heterocycles. The highest BCUT2D eigenvalue weighted by Crippen LogP contribution is 2.20. The Labute approximate surface area is 162 Å². The SMILES string of the molecule is Cc1ccccc1C(=O)N1CCC(C(=O)NNC(=O)c2ccc(F)cc2)CC1. The highest BCUT2D eigenvalue weighted by molar-refractivity contribution is 5.96. The second kappa shape index (κ2) is 8.65. The summed E-state index contributed by atoms with van der Waals surface area (Å²) in [5.41, 5.74) is 6.61. The number of halogens is 1. The van der Waals surface area contributed by atoms with Gasteiger partial charge in [-0.1, -0.05) is 18.2 Å². The Bertz CT molecular complexity index is 875. The first-order valence-electron chi connectivity index (χ1n) is 9.16. The van der Waals surface area contributed by atoms with Gasteiger partial charge in [-0.25, -0.2) is 4.39 Å². The molecule has 0 radical (unpaired) electrons. The standard InChI is InChI=1S/C21H22FN3O3/c1-14-4-2-3-5-18(14)21(28)25-12-10-16(11-13-25)20(27)24-23-19(26)15-6-8-17(22)9-7-15/h2-9,16H,10-13H2,1H3,(H,23,26)(H,24,27). The lowest BCUT2D eigenvalue weighted by Crippen LogP contribution is -2.48. The molecule has 3 amide bonds. The molecule has 2 N–H and O–H groups in total. The number of hydrazine groups is 1. The molecule has 0 spiro atoms. The molecular weight excluding hydrogens is 361 g/mol. The van der Waals surface area contributed by atoms with Crippen molar-refractivity contribution in [2.45, 2.75) is 19.8 Å². The third-order valence-electron chi connectivity index (χ3n) is 4.93. The highest BCUT2D eigenvalue weighted by atomic mass is 19.1. The highest BCUT2D eigenvalue weighted by Gasteiger charge is 2.28. The zero-order chi connectivity index (χ0) is 20.1. The molecule has 1 aliphatic rings. The van der Waals surface area contributed by atoms with Gasteiger partial charge >= 0.3 is 0 Å². The summed E-state index contributed by atoms with van der Waals surface area (Å²) >= 11 is 0. The topological polar surface area (TPSA) is 78.5 Å². The lowest BCUT2D eigenvalue weighted by atomic mass is 9.95. The van der Waals surface area contributed by atoms with Crippen molar-refractivity contribution in [1.82, 2.24) is 15.8 Å². The molecule has 0 atom stereocenters. The Morgan fingerprint density at radius 3 is 2.25 bits per heavy atom. The molecule has 146 valence electrons. The Morgan fingerprint density at radius 1 is 0.964 bits per heavy atom. The number of likely N-dealkylation sites (tertiary alicyclic amines) is 1. The zero-order valence-corrected chi connectivity index (χ0v) is 15.6. The van der Waals surface area contributed by atoms with Gasteiger partial charge in [0.1, 0.15) is 5.82 Å². The van der Waals surface area contributed by atoms with Gasteiger partial charge in [0.2, 0.25) is 5.91 Å². The summed E-state index contributed by atoms with van der Waals surface area (Å²) in [6, 6.07) is 12.5. The molecule has 0 bridgehead atoms. The average molecular weight is 383 g/mol. The van der Waals surface area contributed by atoms with E-state index in [0.29, 0.717) is 31.5 Å². The smallest absolute Gasteiger partial charge is 0.269 e. The fourth-order valence-corrected chi connectivity index (χ4v) is 3.22. The first kappa shape index (κ1) is 19.5. The summed E-state index contributed by atoms with van der Waals surface area (Å²) in [6.07, 6.45) is 1.05. The predicted molar refractivity (Wildman–Crippen MR) is 102 cm³/mol. The van der Waals surface area contributed by atoms with E-state index >= 15 is 0 Å². The van der Waals surface area contributed by atoms with Crippen LogP contribution in [0, 0.1) is 18.7 Å². The second-order valence-electron chi connectivity index (χ2n) is 6.83. The van der Waals surface area contributed by atoms with Gasteiger partial charge in [0, 0.05) is 30.1 Å². The van der Waals surface area contributed by atoms with Crippen molar-refractivity contribution in [2.75, 3.05) is 13.1 Å². The molecule has 0 aliphatic carbocycles. The Hall–Kier alpha value is -3.22. The van der Waals surface area contributed by atoms with Crippen molar-refractivity contribution < 1.29 is 18.8 Å².